The Morgan fingerprint density at radius 3 is 2.86 bits per heavy atom. The Bertz CT molecular complexity index is 1060. The maximum atomic E-state index is 13.1. The third-order valence-electron chi connectivity index (χ3n) is 5.85. The van der Waals surface area contributed by atoms with Gasteiger partial charge in [-0.2, -0.15) is 5.10 Å². The number of hydrogen-bond acceptors (Lipinski definition) is 3. The SMILES string of the molecule is Cc1c(Cc2ccc(-n3cccn3)cc2)cc2c(c1Cl)O[C@@H]1CCCN(C1)C2=O. The van der Waals surface area contributed by atoms with Gasteiger partial charge in [-0.15, -0.1) is 0 Å². The Kier molecular flexibility index (Phi) is 4.55. The van der Waals surface area contributed by atoms with E-state index in [-0.39, 0.29) is 12.0 Å². The predicted octanol–water partition coefficient (Wildman–Crippen LogP) is 4.42. The smallest absolute Gasteiger partial charge is 0.257 e. The van der Waals surface area contributed by atoms with Crippen LogP contribution in [0.5, 0.6) is 5.75 Å². The lowest BCUT2D eigenvalue weighted by atomic mass is 9.96. The van der Waals surface area contributed by atoms with Crippen LogP contribution in [0.1, 0.15) is 39.9 Å². The van der Waals surface area contributed by atoms with E-state index in [2.05, 4.69) is 17.2 Å². The van der Waals surface area contributed by atoms with Crippen molar-refractivity contribution in [3.63, 3.8) is 0 Å². The van der Waals surface area contributed by atoms with Gasteiger partial charge < -0.3 is 9.64 Å². The third kappa shape index (κ3) is 3.29. The van der Waals surface area contributed by atoms with Gasteiger partial charge in [0.25, 0.3) is 5.91 Å². The van der Waals surface area contributed by atoms with Crippen molar-refractivity contribution < 1.29 is 9.53 Å². The van der Waals surface area contributed by atoms with Crippen LogP contribution in [0.3, 0.4) is 0 Å². The fraction of sp³-hybridized carbons (Fsp3) is 0.304. The maximum absolute atomic E-state index is 13.1. The van der Waals surface area contributed by atoms with E-state index in [4.69, 9.17) is 16.3 Å². The van der Waals surface area contributed by atoms with Crippen LogP contribution < -0.4 is 4.74 Å². The second-order valence-corrected chi connectivity index (χ2v) is 8.16. The number of ether oxygens (including phenoxy) is 1. The van der Waals surface area contributed by atoms with Gasteiger partial charge in [0.2, 0.25) is 0 Å². The van der Waals surface area contributed by atoms with Crippen molar-refractivity contribution in [1.82, 2.24) is 14.7 Å². The van der Waals surface area contributed by atoms with Crippen LogP contribution in [-0.4, -0.2) is 39.8 Å². The summed E-state index contributed by atoms with van der Waals surface area (Å²) in [4.78, 5) is 15.0. The van der Waals surface area contributed by atoms with Crippen molar-refractivity contribution in [1.29, 1.82) is 0 Å². The summed E-state index contributed by atoms with van der Waals surface area (Å²) in [6.07, 6.45) is 6.35. The molecular formula is C23H22ClN3O2. The standard InChI is InChI=1S/C23H22ClN3O2/c1-15-17(12-16-5-7-18(8-6-16)27-11-3-9-25-27)13-20-22(21(15)24)29-19-4-2-10-26(14-19)23(20)28/h3,5-9,11,13,19H,2,4,10,12,14H2,1H3/t19-/m1/s1. The molecule has 29 heavy (non-hydrogen) atoms. The summed E-state index contributed by atoms with van der Waals surface area (Å²) in [5, 5.41) is 4.82. The number of rotatable bonds is 3. The summed E-state index contributed by atoms with van der Waals surface area (Å²) >= 11 is 6.70. The number of benzene rings is 2. The predicted molar refractivity (Wildman–Crippen MR) is 112 cm³/mol. The van der Waals surface area contributed by atoms with Crippen LogP contribution in [0, 0.1) is 6.92 Å². The first-order valence-electron chi connectivity index (χ1n) is 9.97. The van der Waals surface area contributed by atoms with Crippen molar-refractivity contribution in [3.8, 4) is 11.4 Å². The van der Waals surface area contributed by atoms with E-state index in [0.717, 1.165) is 41.8 Å². The molecule has 1 fully saturated rings. The second kappa shape index (κ2) is 7.23. The fourth-order valence-corrected chi connectivity index (χ4v) is 4.47. The Morgan fingerprint density at radius 1 is 1.28 bits per heavy atom. The monoisotopic (exact) mass is 407 g/mol. The molecule has 0 aliphatic carbocycles. The molecule has 5 rings (SSSR count). The Balaban J connectivity index is 1.48. The molecule has 2 aliphatic rings. The van der Waals surface area contributed by atoms with E-state index in [1.54, 1.807) is 6.20 Å². The van der Waals surface area contributed by atoms with E-state index in [0.29, 0.717) is 29.3 Å². The summed E-state index contributed by atoms with van der Waals surface area (Å²) in [6.45, 7) is 3.43. The molecule has 5 nitrogen and oxygen atoms in total. The van der Waals surface area contributed by atoms with Crippen LogP contribution in [0.2, 0.25) is 5.02 Å². The van der Waals surface area contributed by atoms with Gasteiger partial charge in [0.05, 0.1) is 22.8 Å². The fourth-order valence-electron chi connectivity index (χ4n) is 4.20. The minimum atomic E-state index is 0.0272. The molecule has 148 valence electrons. The van der Waals surface area contributed by atoms with Gasteiger partial charge in [-0.3, -0.25) is 4.79 Å². The van der Waals surface area contributed by atoms with E-state index in [1.165, 1.54) is 0 Å². The van der Waals surface area contributed by atoms with Crippen molar-refractivity contribution in [2.45, 2.75) is 32.3 Å². The molecule has 1 amide bonds. The lowest BCUT2D eigenvalue weighted by Gasteiger charge is -2.29. The van der Waals surface area contributed by atoms with E-state index < -0.39 is 0 Å². The average molecular weight is 408 g/mol. The number of aromatic nitrogens is 2. The molecule has 1 atom stereocenters. The van der Waals surface area contributed by atoms with E-state index >= 15 is 0 Å². The number of amides is 1. The van der Waals surface area contributed by atoms with Gasteiger partial charge in [-0.1, -0.05) is 23.7 Å². The molecule has 2 bridgehead atoms. The van der Waals surface area contributed by atoms with Gasteiger partial charge in [0.15, 0.2) is 5.75 Å². The number of fused-ring (bicyclic) bond motifs is 3. The van der Waals surface area contributed by atoms with Crippen molar-refractivity contribution in [3.05, 3.63) is 76.1 Å². The van der Waals surface area contributed by atoms with E-state index in [1.807, 2.05) is 47.0 Å². The molecule has 2 aromatic carbocycles. The quantitative estimate of drug-likeness (QED) is 0.645. The first-order valence-corrected chi connectivity index (χ1v) is 10.3. The molecule has 0 saturated carbocycles. The van der Waals surface area contributed by atoms with Crippen molar-refractivity contribution in [2.24, 2.45) is 0 Å². The zero-order valence-electron chi connectivity index (χ0n) is 16.3. The molecule has 0 N–H and O–H groups in total. The summed E-state index contributed by atoms with van der Waals surface area (Å²) in [5.74, 6) is 0.584. The molecule has 0 unspecified atom stereocenters. The molecule has 3 heterocycles. The summed E-state index contributed by atoms with van der Waals surface area (Å²) in [7, 11) is 0. The zero-order chi connectivity index (χ0) is 20.0. The number of hydrogen-bond donors (Lipinski definition) is 0. The van der Waals surface area contributed by atoms with Gasteiger partial charge in [-0.25, -0.2) is 4.68 Å². The van der Waals surface area contributed by atoms with Gasteiger partial charge in [0, 0.05) is 18.9 Å². The first-order chi connectivity index (χ1) is 14.1. The number of carbonyl (C=O) groups is 1. The molecular weight excluding hydrogens is 386 g/mol. The highest BCUT2D eigenvalue weighted by molar-refractivity contribution is 6.33. The topological polar surface area (TPSA) is 47.4 Å². The minimum absolute atomic E-state index is 0.0272. The van der Waals surface area contributed by atoms with Crippen molar-refractivity contribution >= 4 is 17.5 Å². The second-order valence-electron chi connectivity index (χ2n) is 7.78. The number of halogens is 1. The molecule has 3 aromatic rings. The zero-order valence-corrected chi connectivity index (χ0v) is 17.0. The van der Waals surface area contributed by atoms with Crippen LogP contribution in [0.25, 0.3) is 5.69 Å². The lowest BCUT2D eigenvalue weighted by Crippen LogP contribution is -2.41. The highest BCUT2D eigenvalue weighted by Gasteiger charge is 2.34. The minimum Gasteiger partial charge on any atom is -0.486 e. The van der Waals surface area contributed by atoms with Crippen molar-refractivity contribution in [2.75, 3.05) is 13.1 Å². The Morgan fingerprint density at radius 2 is 2.10 bits per heavy atom. The van der Waals surface area contributed by atoms with Crippen LogP contribution in [-0.2, 0) is 6.42 Å². The highest BCUT2D eigenvalue weighted by Crippen LogP contribution is 2.39. The number of piperidine rings is 1. The summed E-state index contributed by atoms with van der Waals surface area (Å²) in [5.41, 5.74) is 4.78. The normalized spacial score (nSPS) is 18.2. The number of nitrogens with zero attached hydrogens (tertiary/aromatic N) is 3. The van der Waals surface area contributed by atoms with Gasteiger partial charge >= 0.3 is 0 Å². The average Bonchev–Trinajstić information content (AvgIpc) is 3.26. The van der Waals surface area contributed by atoms with Crippen LogP contribution in [0.4, 0.5) is 0 Å². The maximum Gasteiger partial charge on any atom is 0.257 e. The number of carbonyl (C=O) groups excluding carboxylic acids is 1. The highest BCUT2D eigenvalue weighted by atomic mass is 35.5. The molecule has 2 aliphatic heterocycles. The largest absolute Gasteiger partial charge is 0.486 e. The first kappa shape index (κ1) is 18.3. The lowest BCUT2D eigenvalue weighted by molar-refractivity contribution is 0.0613. The van der Waals surface area contributed by atoms with Gasteiger partial charge in [0.1, 0.15) is 6.10 Å². The van der Waals surface area contributed by atoms with Crippen LogP contribution in [0.15, 0.2) is 48.8 Å². The molecule has 1 saturated heterocycles. The molecule has 0 spiro atoms. The van der Waals surface area contributed by atoms with Crippen LogP contribution >= 0.6 is 11.6 Å². The Labute approximate surface area is 174 Å². The van der Waals surface area contributed by atoms with Gasteiger partial charge in [-0.05, 0) is 67.1 Å². The summed E-state index contributed by atoms with van der Waals surface area (Å²) < 4.78 is 8.00. The summed E-state index contributed by atoms with van der Waals surface area (Å²) in [6, 6.07) is 12.1. The molecule has 1 aromatic heterocycles. The molecule has 6 heteroatoms. The molecule has 0 radical (unpaired) electrons. The third-order valence-corrected chi connectivity index (χ3v) is 6.31. The van der Waals surface area contributed by atoms with E-state index in [9.17, 15) is 4.79 Å². The Hall–Kier alpha value is -2.79.